The highest BCUT2D eigenvalue weighted by Gasteiger charge is 2.22. The van der Waals surface area contributed by atoms with Gasteiger partial charge in [0.25, 0.3) is 11.8 Å². The van der Waals surface area contributed by atoms with Crippen molar-refractivity contribution in [3.05, 3.63) is 24.8 Å². The lowest BCUT2D eigenvalue weighted by Gasteiger charge is -2.13. The Kier molecular flexibility index (Phi) is 31.6. The molecule has 1 rings (SSSR count). The summed E-state index contributed by atoms with van der Waals surface area (Å²) >= 11 is 0. The topological polar surface area (TPSA) is 148 Å². The molecule has 0 atom stereocenters. The molecule has 2 amide bonds. The molecule has 0 aliphatic carbocycles. The van der Waals surface area contributed by atoms with Crippen molar-refractivity contribution >= 4 is 11.8 Å². The summed E-state index contributed by atoms with van der Waals surface area (Å²) in [5, 5.41) is 0. The SMILES string of the molecule is C=CCOCCOCCOCCOCCOCCOCCOCCOCCOCCOCCOCCOCCN1C(=O)C=CC1=O. The number of carbonyl (C=O) groups excluding carboxylic acids is 2. The van der Waals surface area contributed by atoms with Crippen LogP contribution in [0.5, 0.6) is 0 Å². The van der Waals surface area contributed by atoms with Gasteiger partial charge in [-0.1, -0.05) is 6.08 Å². The summed E-state index contributed by atoms with van der Waals surface area (Å²) < 4.78 is 64.9. The van der Waals surface area contributed by atoms with E-state index in [9.17, 15) is 9.59 Å². The minimum absolute atomic E-state index is 0.239. The number of rotatable bonds is 38. The van der Waals surface area contributed by atoms with Gasteiger partial charge in [-0.2, -0.15) is 0 Å². The first-order valence-corrected chi connectivity index (χ1v) is 15.8. The van der Waals surface area contributed by atoms with E-state index in [4.69, 9.17) is 56.8 Å². The number of ether oxygens (including phenoxy) is 12. The fourth-order valence-corrected chi connectivity index (χ4v) is 3.39. The Morgan fingerprint density at radius 2 is 0.609 bits per heavy atom. The Morgan fingerprint density at radius 1 is 0.391 bits per heavy atom. The molecule has 46 heavy (non-hydrogen) atoms. The molecule has 15 nitrogen and oxygen atoms in total. The van der Waals surface area contributed by atoms with E-state index < -0.39 is 0 Å². The van der Waals surface area contributed by atoms with Crippen LogP contribution in [0.4, 0.5) is 0 Å². The molecule has 0 bridgehead atoms. The summed E-state index contributed by atoms with van der Waals surface area (Å²) in [5.74, 6) is -0.614. The average Bonchev–Trinajstić information content (AvgIpc) is 3.38. The third-order valence-electron chi connectivity index (χ3n) is 5.69. The number of amides is 2. The molecule has 15 heteroatoms. The fraction of sp³-hybridized carbons (Fsp3) is 0.806. The first kappa shape index (κ1) is 42.2. The summed E-state index contributed by atoms with van der Waals surface area (Å²) in [6.07, 6.45) is 4.22. The molecule has 268 valence electrons. The summed E-state index contributed by atoms with van der Waals surface area (Å²) in [5.41, 5.74) is 0. The van der Waals surface area contributed by atoms with Crippen molar-refractivity contribution in [2.24, 2.45) is 0 Å². The Bertz CT molecular complexity index is 724. The Balaban J connectivity index is 1.62. The zero-order valence-corrected chi connectivity index (χ0v) is 27.3. The van der Waals surface area contributed by atoms with Crippen LogP contribution in [0.2, 0.25) is 0 Å². The molecule has 1 heterocycles. The van der Waals surface area contributed by atoms with Crippen LogP contribution in [-0.2, 0) is 66.4 Å². The smallest absolute Gasteiger partial charge is 0.253 e. The van der Waals surface area contributed by atoms with E-state index in [2.05, 4.69) is 6.58 Å². The standard InChI is InChI=1S/C31H55NO14/c1-2-6-35-8-10-37-12-14-39-16-18-41-20-22-43-24-26-45-28-29-46-27-25-44-23-21-42-19-17-40-15-13-38-11-9-36-7-5-32-30(33)3-4-31(32)34/h2-4H,1,5-29H2. The van der Waals surface area contributed by atoms with Crippen LogP contribution < -0.4 is 0 Å². The van der Waals surface area contributed by atoms with Gasteiger partial charge in [-0.05, 0) is 0 Å². The summed E-state index contributed by atoms with van der Waals surface area (Å²) in [6.45, 7) is 15.4. The van der Waals surface area contributed by atoms with Crippen molar-refractivity contribution in [2.75, 3.05) is 165 Å². The van der Waals surface area contributed by atoms with E-state index in [0.717, 1.165) is 4.90 Å². The van der Waals surface area contributed by atoms with Gasteiger partial charge in [0.2, 0.25) is 0 Å². The second kappa shape index (κ2) is 34.5. The van der Waals surface area contributed by atoms with E-state index in [1.807, 2.05) is 0 Å². The first-order chi connectivity index (χ1) is 22.8. The van der Waals surface area contributed by atoms with E-state index in [-0.39, 0.29) is 25.0 Å². The van der Waals surface area contributed by atoms with Gasteiger partial charge in [0.1, 0.15) is 0 Å². The van der Waals surface area contributed by atoms with Crippen LogP contribution in [0.3, 0.4) is 0 Å². The molecule has 0 spiro atoms. The van der Waals surface area contributed by atoms with Crippen molar-refractivity contribution in [3.63, 3.8) is 0 Å². The second-order valence-corrected chi connectivity index (χ2v) is 9.26. The predicted molar refractivity (Wildman–Crippen MR) is 166 cm³/mol. The maximum Gasteiger partial charge on any atom is 0.253 e. The van der Waals surface area contributed by atoms with Gasteiger partial charge in [-0.25, -0.2) is 0 Å². The lowest BCUT2D eigenvalue weighted by atomic mass is 10.5. The molecule has 0 radical (unpaired) electrons. The van der Waals surface area contributed by atoms with Gasteiger partial charge in [0.05, 0.1) is 165 Å². The zero-order valence-electron chi connectivity index (χ0n) is 27.3. The minimum atomic E-state index is -0.307. The van der Waals surface area contributed by atoms with E-state index in [0.29, 0.717) is 152 Å². The third-order valence-corrected chi connectivity index (χ3v) is 5.69. The normalized spacial score (nSPS) is 13.0. The van der Waals surface area contributed by atoms with Gasteiger partial charge in [0, 0.05) is 12.2 Å². The second-order valence-electron chi connectivity index (χ2n) is 9.26. The number of nitrogens with zero attached hydrogens (tertiary/aromatic N) is 1. The molecule has 0 aromatic heterocycles. The highest BCUT2D eigenvalue weighted by molar-refractivity contribution is 6.12. The maximum absolute atomic E-state index is 11.4. The summed E-state index contributed by atoms with van der Waals surface area (Å²) in [4.78, 5) is 23.9. The van der Waals surface area contributed by atoms with Crippen LogP contribution in [0.15, 0.2) is 24.8 Å². The average molecular weight is 666 g/mol. The van der Waals surface area contributed by atoms with Gasteiger partial charge in [0.15, 0.2) is 0 Å². The quantitative estimate of drug-likeness (QED) is 0.0506. The Hall–Kier alpha value is -1.86. The minimum Gasteiger partial charge on any atom is -0.377 e. The maximum atomic E-state index is 11.4. The molecule has 1 aliphatic rings. The van der Waals surface area contributed by atoms with Crippen LogP contribution in [0.1, 0.15) is 0 Å². The van der Waals surface area contributed by atoms with E-state index in [1.54, 1.807) is 6.08 Å². The summed E-state index contributed by atoms with van der Waals surface area (Å²) in [6, 6.07) is 0. The molecule has 0 N–H and O–H groups in total. The van der Waals surface area contributed by atoms with Gasteiger partial charge in [-0.3, -0.25) is 14.5 Å². The largest absolute Gasteiger partial charge is 0.377 e. The molecule has 0 unspecified atom stereocenters. The molecule has 1 aliphatic heterocycles. The fourth-order valence-electron chi connectivity index (χ4n) is 3.39. The molecular weight excluding hydrogens is 610 g/mol. The highest BCUT2D eigenvalue weighted by atomic mass is 16.6. The van der Waals surface area contributed by atoms with E-state index >= 15 is 0 Å². The van der Waals surface area contributed by atoms with Crippen molar-refractivity contribution < 1.29 is 66.4 Å². The monoisotopic (exact) mass is 665 g/mol. The number of carbonyl (C=O) groups is 2. The van der Waals surface area contributed by atoms with Crippen molar-refractivity contribution in [2.45, 2.75) is 0 Å². The van der Waals surface area contributed by atoms with E-state index in [1.165, 1.54) is 12.2 Å². The lowest BCUT2D eigenvalue weighted by molar-refractivity contribution is -0.137. The van der Waals surface area contributed by atoms with Crippen molar-refractivity contribution in [1.82, 2.24) is 4.90 Å². The molecule has 0 saturated carbocycles. The molecular formula is C31H55NO14. The number of hydrogen-bond donors (Lipinski definition) is 0. The number of imide groups is 1. The van der Waals surface area contributed by atoms with Crippen molar-refractivity contribution in [1.29, 1.82) is 0 Å². The predicted octanol–water partition coefficient (Wildman–Crippen LogP) is 0.297. The zero-order chi connectivity index (χ0) is 33.0. The molecule has 0 saturated heterocycles. The highest BCUT2D eigenvalue weighted by Crippen LogP contribution is 2.02. The number of hydrogen-bond acceptors (Lipinski definition) is 14. The van der Waals surface area contributed by atoms with Crippen LogP contribution in [-0.4, -0.2) is 182 Å². The van der Waals surface area contributed by atoms with Gasteiger partial charge in [-0.15, -0.1) is 6.58 Å². The Morgan fingerprint density at radius 3 is 0.848 bits per heavy atom. The first-order valence-electron chi connectivity index (χ1n) is 15.8. The third kappa shape index (κ3) is 28.4. The summed E-state index contributed by atoms with van der Waals surface area (Å²) in [7, 11) is 0. The van der Waals surface area contributed by atoms with Crippen LogP contribution in [0.25, 0.3) is 0 Å². The molecule has 0 aromatic rings. The van der Waals surface area contributed by atoms with Gasteiger partial charge >= 0.3 is 0 Å². The van der Waals surface area contributed by atoms with Crippen molar-refractivity contribution in [3.8, 4) is 0 Å². The van der Waals surface area contributed by atoms with Crippen LogP contribution in [0, 0.1) is 0 Å². The lowest BCUT2D eigenvalue weighted by Crippen LogP contribution is -2.33. The van der Waals surface area contributed by atoms with Crippen LogP contribution >= 0.6 is 0 Å². The Labute approximate surface area is 273 Å². The van der Waals surface area contributed by atoms with Gasteiger partial charge < -0.3 is 56.8 Å². The molecule has 0 fully saturated rings. The molecule has 0 aromatic carbocycles.